The number of anilines is 1. The Bertz CT molecular complexity index is 1180. The second-order valence-electron chi connectivity index (χ2n) is 7.01. The first-order valence-electron chi connectivity index (χ1n) is 9.55. The molecule has 3 aromatic rings. The molecule has 0 fully saturated rings. The third-order valence-corrected chi connectivity index (χ3v) is 5.86. The predicted molar refractivity (Wildman–Crippen MR) is 118 cm³/mol. The van der Waals surface area contributed by atoms with E-state index < -0.39 is 10.0 Å². The van der Waals surface area contributed by atoms with Gasteiger partial charge in [0.2, 0.25) is 21.7 Å². The van der Waals surface area contributed by atoms with E-state index in [0.717, 1.165) is 16.1 Å². The van der Waals surface area contributed by atoms with Gasteiger partial charge in [-0.05, 0) is 36.4 Å². The number of carbonyl (C=O) groups is 1. The highest BCUT2D eigenvalue weighted by molar-refractivity contribution is 7.92. The Morgan fingerprint density at radius 2 is 1.81 bits per heavy atom. The van der Waals surface area contributed by atoms with Gasteiger partial charge < -0.3 is 18.9 Å². The van der Waals surface area contributed by atoms with Gasteiger partial charge in [-0.15, -0.1) is 0 Å². The Hall–Kier alpha value is -3.60. The van der Waals surface area contributed by atoms with Gasteiger partial charge in [0.15, 0.2) is 6.61 Å². The molecule has 10 nitrogen and oxygen atoms in total. The van der Waals surface area contributed by atoms with Crippen LogP contribution in [0, 0.1) is 0 Å². The summed E-state index contributed by atoms with van der Waals surface area (Å²) in [5, 5.41) is 3.95. The van der Waals surface area contributed by atoms with Gasteiger partial charge in [-0.3, -0.25) is 9.10 Å². The fourth-order valence-corrected chi connectivity index (χ4v) is 3.19. The van der Waals surface area contributed by atoms with Crippen LogP contribution in [0.4, 0.5) is 5.69 Å². The lowest BCUT2D eigenvalue weighted by molar-refractivity contribution is -0.132. The van der Waals surface area contributed by atoms with Gasteiger partial charge in [0.25, 0.3) is 5.91 Å². The number of sulfonamides is 1. The number of hydrogen-bond acceptors (Lipinski definition) is 8. The van der Waals surface area contributed by atoms with Crippen LogP contribution in [0.15, 0.2) is 53.1 Å². The molecule has 0 N–H and O–H groups in total. The molecule has 11 heteroatoms. The fraction of sp³-hybridized carbons (Fsp3) is 0.286. The molecule has 0 spiro atoms. The van der Waals surface area contributed by atoms with Crippen LogP contribution >= 0.6 is 0 Å². The first-order chi connectivity index (χ1) is 15.2. The Labute approximate surface area is 186 Å². The van der Waals surface area contributed by atoms with Crippen molar-refractivity contribution in [2.24, 2.45) is 0 Å². The van der Waals surface area contributed by atoms with Crippen molar-refractivity contribution in [1.29, 1.82) is 0 Å². The number of nitrogens with zero attached hydrogens (tertiary/aromatic N) is 4. The maximum Gasteiger partial charge on any atom is 0.260 e. The van der Waals surface area contributed by atoms with E-state index in [4.69, 9.17) is 14.0 Å². The van der Waals surface area contributed by atoms with E-state index >= 15 is 0 Å². The molecule has 0 saturated heterocycles. The summed E-state index contributed by atoms with van der Waals surface area (Å²) in [6.45, 7) is -0.0775. The number of carbonyl (C=O) groups excluding carboxylic acids is 1. The number of likely N-dealkylation sites (N-methyl/N-ethyl adjacent to an activating group) is 1. The van der Waals surface area contributed by atoms with Crippen LogP contribution in [0.5, 0.6) is 11.5 Å². The van der Waals surface area contributed by atoms with Crippen molar-refractivity contribution in [3.63, 3.8) is 0 Å². The number of amides is 1. The van der Waals surface area contributed by atoms with Crippen molar-refractivity contribution in [2.45, 2.75) is 6.54 Å². The number of methoxy groups -OCH3 is 1. The lowest BCUT2D eigenvalue weighted by atomic mass is 10.2. The predicted octanol–water partition coefficient (Wildman–Crippen LogP) is 2.18. The van der Waals surface area contributed by atoms with Crippen molar-refractivity contribution in [3.8, 4) is 22.9 Å². The van der Waals surface area contributed by atoms with Gasteiger partial charge in [0, 0.05) is 19.7 Å². The lowest BCUT2D eigenvalue weighted by Crippen LogP contribution is -2.31. The van der Waals surface area contributed by atoms with Crippen molar-refractivity contribution < 1.29 is 27.2 Å². The molecule has 170 valence electrons. The zero-order valence-corrected chi connectivity index (χ0v) is 19.0. The molecule has 1 heterocycles. The number of ether oxygens (including phenoxy) is 2. The number of rotatable bonds is 9. The highest BCUT2D eigenvalue weighted by Crippen LogP contribution is 2.22. The van der Waals surface area contributed by atoms with Gasteiger partial charge in [0.1, 0.15) is 11.5 Å². The molecule has 1 amide bonds. The summed E-state index contributed by atoms with van der Waals surface area (Å²) in [7, 11) is 1.29. The highest BCUT2D eigenvalue weighted by Gasteiger charge is 2.16. The largest absolute Gasteiger partial charge is 0.497 e. The summed E-state index contributed by atoms with van der Waals surface area (Å²) in [4.78, 5) is 18.1. The van der Waals surface area contributed by atoms with E-state index in [1.54, 1.807) is 44.5 Å². The molecular weight excluding hydrogens is 436 g/mol. The van der Waals surface area contributed by atoms with E-state index in [1.807, 2.05) is 18.2 Å². The molecule has 0 aliphatic heterocycles. The maximum absolute atomic E-state index is 12.4. The number of hydrogen-bond donors (Lipinski definition) is 0. The second-order valence-corrected chi connectivity index (χ2v) is 9.02. The maximum atomic E-state index is 12.4. The molecule has 0 aliphatic carbocycles. The van der Waals surface area contributed by atoms with Crippen molar-refractivity contribution in [3.05, 3.63) is 54.4 Å². The first-order valence-corrected chi connectivity index (χ1v) is 11.4. The van der Waals surface area contributed by atoms with Crippen LogP contribution in [0.25, 0.3) is 11.4 Å². The highest BCUT2D eigenvalue weighted by atomic mass is 32.2. The molecule has 0 saturated carbocycles. The Morgan fingerprint density at radius 3 is 2.47 bits per heavy atom. The second kappa shape index (κ2) is 9.69. The molecule has 2 aromatic carbocycles. The Morgan fingerprint density at radius 1 is 1.09 bits per heavy atom. The van der Waals surface area contributed by atoms with Gasteiger partial charge in [-0.1, -0.05) is 17.3 Å². The van der Waals surface area contributed by atoms with E-state index in [0.29, 0.717) is 23.0 Å². The monoisotopic (exact) mass is 460 g/mol. The van der Waals surface area contributed by atoms with Gasteiger partial charge in [-0.2, -0.15) is 4.98 Å². The summed E-state index contributed by atoms with van der Waals surface area (Å²) in [5.74, 6) is 1.51. The molecule has 0 bridgehead atoms. The van der Waals surface area contributed by atoms with Gasteiger partial charge >= 0.3 is 0 Å². The Balaban J connectivity index is 1.55. The average Bonchev–Trinajstić information content (AvgIpc) is 3.25. The van der Waals surface area contributed by atoms with E-state index in [1.165, 1.54) is 11.9 Å². The van der Waals surface area contributed by atoms with Crippen LogP contribution in [-0.2, 0) is 21.4 Å². The molecule has 3 rings (SSSR count). The van der Waals surface area contributed by atoms with E-state index in [9.17, 15) is 13.2 Å². The third kappa shape index (κ3) is 5.76. The van der Waals surface area contributed by atoms with Crippen LogP contribution < -0.4 is 13.8 Å². The van der Waals surface area contributed by atoms with Gasteiger partial charge in [0.05, 0.1) is 25.6 Å². The quantitative estimate of drug-likeness (QED) is 0.477. The molecule has 0 unspecified atom stereocenters. The molecule has 1 aromatic heterocycles. The average molecular weight is 461 g/mol. The smallest absolute Gasteiger partial charge is 0.260 e. The van der Waals surface area contributed by atoms with Crippen molar-refractivity contribution >= 4 is 21.6 Å². The molecular formula is C21H24N4O6S. The first kappa shape index (κ1) is 23.1. The number of benzene rings is 2. The van der Waals surface area contributed by atoms with E-state index in [-0.39, 0.29) is 24.9 Å². The minimum atomic E-state index is -3.35. The normalized spacial score (nSPS) is 11.1. The van der Waals surface area contributed by atoms with Crippen LogP contribution in [0.3, 0.4) is 0 Å². The SMILES string of the molecule is COc1cccc(-c2noc(CN(C)C(=O)COc3ccc(N(C)S(C)(=O)=O)cc3)n2)c1. The minimum absolute atomic E-state index is 0.122. The topological polar surface area (TPSA) is 115 Å². The van der Waals surface area contributed by atoms with Gasteiger partial charge in [-0.25, -0.2) is 8.42 Å². The molecule has 0 aliphatic rings. The van der Waals surface area contributed by atoms with Crippen molar-refractivity contribution in [1.82, 2.24) is 15.0 Å². The molecule has 0 atom stereocenters. The van der Waals surface area contributed by atoms with Crippen molar-refractivity contribution in [2.75, 3.05) is 38.4 Å². The zero-order valence-electron chi connectivity index (χ0n) is 18.2. The standard InChI is InChI=1S/C21H24N4O6S/c1-24(13-19-22-21(23-31-19)15-6-5-7-18(12-15)29-3)20(26)14-30-17-10-8-16(9-11-17)25(2)32(4,27)28/h5-12H,13-14H2,1-4H3. The lowest BCUT2D eigenvalue weighted by Gasteiger charge is -2.17. The van der Waals surface area contributed by atoms with Crippen LogP contribution in [0.1, 0.15) is 5.89 Å². The third-order valence-electron chi connectivity index (χ3n) is 4.65. The molecule has 32 heavy (non-hydrogen) atoms. The summed E-state index contributed by atoms with van der Waals surface area (Å²) in [6.07, 6.45) is 1.12. The van der Waals surface area contributed by atoms with E-state index in [2.05, 4.69) is 10.1 Å². The summed E-state index contributed by atoms with van der Waals surface area (Å²) in [5.41, 5.74) is 1.23. The number of aromatic nitrogens is 2. The van der Waals surface area contributed by atoms with Crippen LogP contribution in [0.2, 0.25) is 0 Å². The summed E-state index contributed by atoms with van der Waals surface area (Å²) >= 11 is 0. The zero-order chi connectivity index (χ0) is 23.3. The molecule has 0 radical (unpaired) electrons. The summed E-state index contributed by atoms with van der Waals surface area (Å²) in [6, 6.07) is 13.7. The minimum Gasteiger partial charge on any atom is -0.497 e. The van der Waals surface area contributed by atoms with Crippen LogP contribution in [-0.4, -0.2) is 63.4 Å². The summed E-state index contributed by atoms with van der Waals surface area (Å²) < 4.78 is 40.3. The Kier molecular flexibility index (Phi) is 6.98. The fourth-order valence-electron chi connectivity index (χ4n) is 2.69.